The van der Waals surface area contributed by atoms with Gasteiger partial charge >= 0.3 is 6.09 Å². The monoisotopic (exact) mass is 1330 g/mol. The fourth-order valence-corrected chi connectivity index (χ4v) is 17.3. The summed E-state index contributed by atoms with van der Waals surface area (Å²) >= 11 is 0. The first kappa shape index (κ1) is 75.6. The molecule has 3 spiro atoms. The summed E-state index contributed by atoms with van der Waals surface area (Å²) in [7, 11) is 0. The summed E-state index contributed by atoms with van der Waals surface area (Å²) in [4.78, 5) is 63.0. The molecule has 4 aromatic carbocycles. The van der Waals surface area contributed by atoms with Crippen LogP contribution in [0, 0.1) is 16.2 Å². The topological polar surface area (TPSA) is 118 Å². The van der Waals surface area contributed by atoms with Crippen molar-refractivity contribution in [2.45, 2.75) is 259 Å². The number of piperidine rings is 4. The Balaban J connectivity index is 0.000000189. The van der Waals surface area contributed by atoms with Crippen LogP contribution in [0.5, 0.6) is 0 Å². The third-order valence-corrected chi connectivity index (χ3v) is 23.4. The average molecular weight is 1330 g/mol. The number of amides is 4. The zero-order valence-corrected chi connectivity index (χ0v) is 62.8. The number of rotatable bonds is 16. The molecule has 536 valence electrons. The molecule has 0 aromatic heterocycles. The van der Waals surface area contributed by atoms with Crippen LogP contribution < -0.4 is 5.32 Å². The highest BCUT2D eigenvalue weighted by atomic mass is 16.6. The molecule has 1 N–H and O–H groups in total. The highest BCUT2D eigenvalue weighted by Crippen LogP contribution is 2.53. The van der Waals surface area contributed by atoms with Gasteiger partial charge in [0.25, 0.3) is 0 Å². The van der Waals surface area contributed by atoms with E-state index in [0.29, 0.717) is 53.3 Å². The van der Waals surface area contributed by atoms with Gasteiger partial charge < -0.3 is 44.2 Å². The molecule has 4 amide bonds. The molecular weight excluding hydrogens is 1200 g/mol. The number of fused-ring (bicyclic) bond motifs is 6. The molecule has 4 fully saturated rings. The second-order valence-electron chi connectivity index (χ2n) is 34.2. The summed E-state index contributed by atoms with van der Waals surface area (Å²) in [6, 6.07) is 37.3. The zero-order valence-electron chi connectivity index (χ0n) is 62.8. The fraction of sp³-hybridized carbons (Fsp3) is 0.667. The Kier molecular flexibility index (Phi) is 25.9. The number of likely N-dealkylation sites (tertiary alicyclic amines) is 4. The summed E-state index contributed by atoms with van der Waals surface area (Å²) in [6.45, 7) is 43.7. The molecule has 0 saturated carbocycles. The minimum atomic E-state index is -0.217. The number of carbonyl (C=O) groups is 4. The molecule has 97 heavy (non-hydrogen) atoms. The smallest absolute Gasteiger partial charge is 0.410 e. The Morgan fingerprint density at radius 1 is 0.526 bits per heavy atom. The van der Waals surface area contributed by atoms with Crippen LogP contribution in [0.25, 0.3) is 0 Å². The lowest BCUT2D eigenvalue weighted by Gasteiger charge is -2.49. The highest BCUT2D eigenvalue weighted by Gasteiger charge is 2.47. The fourth-order valence-electron chi connectivity index (χ4n) is 17.3. The predicted octanol–water partition coefficient (Wildman–Crippen LogP) is 17.2. The van der Waals surface area contributed by atoms with E-state index in [1.54, 1.807) is 6.92 Å². The van der Waals surface area contributed by atoms with E-state index in [0.717, 1.165) is 57.2 Å². The third kappa shape index (κ3) is 20.1. The average Bonchev–Trinajstić information content (AvgIpc) is 0.762. The van der Waals surface area contributed by atoms with E-state index >= 15 is 0 Å². The van der Waals surface area contributed by atoms with Crippen molar-refractivity contribution in [1.82, 2.24) is 34.7 Å². The molecule has 3 atom stereocenters. The molecule has 3 aliphatic carbocycles. The molecule has 1 unspecified atom stereocenters. The Morgan fingerprint density at radius 3 is 1.35 bits per heavy atom. The third-order valence-electron chi connectivity index (χ3n) is 23.4. The number of carbonyl (C=O) groups excluding carboxylic acids is 4. The second-order valence-corrected chi connectivity index (χ2v) is 34.2. The number of nitrogens with zero attached hydrogens (tertiary/aromatic N) is 6. The molecule has 0 bridgehead atoms. The lowest BCUT2D eigenvalue weighted by Crippen LogP contribution is -2.48. The van der Waals surface area contributed by atoms with Crippen molar-refractivity contribution >= 4 is 23.8 Å². The van der Waals surface area contributed by atoms with Crippen molar-refractivity contribution in [3.8, 4) is 0 Å². The molecule has 13 heteroatoms. The molecule has 4 saturated heterocycles. The van der Waals surface area contributed by atoms with Crippen molar-refractivity contribution < 1.29 is 30.1 Å². The van der Waals surface area contributed by atoms with Gasteiger partial charge in [0.1, 0.15) is 6.61 Å². The van der Waals surface area contributed by atoms with E-state index in [2.05, 4.69) is 174 Å². The Labute approximate surface area is 588 Å². The van der Waals surface area contributed by atoms with E-state index < -0.39 is 0 Å². The molecule has 0 radical (unpaired) electrons. The van der Waals surface area contributed by atoms with Crippen molar-refractivity contribution in [3.05, 3.63) is 142 Å². The lowest BCUT2D eigenvalue weighted by molar-refractivity contribution is -0.135. The number of hydrogen-bond acceptors (Lipinski definition) is 9. The van der Waals surface area contributed by atoms with Crippen LogP contribution in [0.1, 0.15) is 265 Å². The highest BCUT2D eigenvalue weighted by molar-refractivity contribution is 5.84. The maximum atomic E-state index is 12.9. The van der Waals surface area contributed by atoms with Gasteiger partial charge in [-0.3, -0.25) is 14.4 Å². The Bertz CT molecular complexity index is 3170. The van der Waals surface area contributed by atoms with Crippen molar-refractivity contribution in [3.63, 3.8) is 0 Å². The zero-order chi connectivity index (χ0) is 69.8. The van der Waals surface area contributed by atoms with Crippen molar-refractivity contribution in [2.75, 3.05) is 85.1 Å². The number of ether oxygens (including phenoxy) is 2. The van der Waals surface area contributed by atoms with Crippen LogP contribution in [0.4, 0.5) is 4.79 Å². The summed E-state index contributed by atoms with van der Waals surface area (Å²) in [5.41, 5.74) is 11.7. The van der Waals surface area contributed by atoms with E-state index in [9.17, 15) is 19.2 Å². The predicted molar refractivity (Wildman–Crippen MR) is 398 cm³/mol. The van der Waals surface area contributed by atoms with Crippen LogP contribution in [0.2, 0.25) is 0 Å². The van der Waals surface area contributed by atoms with Crippen LogP contribution in [0.15, 0.2) is 103 Å². The van der Waals surface area contributed by atoms with Gasteiger partial charge in [-0.05, 0) is 260 Å². The second kappa shape index (κ2) is 33.3. The van der Waals surface area contributed by atoms with E-state index in [4.69, 9.17) is 9.47 Å². The molecule has 4 heterocycles. The van der Waals surface area contributed by atoms with Gasteiger partial charge in [0.05, 0.1) is 30.8 Å². The van der Waals surface area contributed by atoms with Gasteiger partial charge in [0, 0.05) is 41.0 Å². The lowest BCUT2D eigenvalue weighted by atomic mass is 9.63. The van der Waals surface area contributed by atoms with Crippen molar-refractivity contribution in [1.29, 1.82) is 0 Å². The summed E-state index contributed by atoms with van der Waals surface area (Å²) in [5.74, 6) is 0.0406. The van der Waals surface area contributed by atoms with E-state index in [1.807, 2.05) is 47.1 Å². The maximum absolute atomic E-state index is 12.9. The first-order valence-electron chi connectivity index (χ1n) is 38.0. The first-order valence-corrected chi connectivity index (χ1v) is 38.0. The van der Waals surface area contributed by atoms with Gasteiger partial charge in [-0.15, -0.1) is 0 Å². The van der Waals surface area contributed by atoms with Crippen LogP contribution in [0.3, 0.4) is 0 Å². The molecule has 13 nitrogen and oxygen atoms in total. The molecular formula is C84H129N7O6. The van der Waals surface area contributed by atoms with Crippen LogP contribution in [-0.2, 0) is 46.7 Å². The number of likely N-dealkylation sites (N-methyl/N-ethyl adjacent to an activating group) is 1. The summed E-state index contributed by atoms with van der Waals surface area (Å²) in [6.07, 6.45) is 19.8. The minimum Gasteiger partial charge on any atom is -0.445 e. The number of benzene rings is 4. The minimum absolute atomic E-state index is 0. The quantitative estimate of drug-likeness (QED) is 0.117. The molecule has 7 aliphatic rings. The van der Waals surface area contributed by atoms with Gasteiger partial charge in [0.15, 0.2) is 0 Å². The summed E-state index contributed by atoms with van der Waals surface area (Å²) in [5, 5.41) is 2.67. The van der Waals surface area contributed by atoms with Gasteiger partial charge in [-0.1, -0.05) is 165 Å². The number of nitrogens with one attached hydrogen (secondary N) is 1. The van der Waals surface area contributed by atoms with Gasteiger partial charge in [0.2, 0.25) is 17.7 Å². The largest absolute Gasteiger partial charge is 0.445 e. The van der Waals surface area contributed by atoms with E-state index in [1.165, 1.54) is 157 Å². The maximum Gasteiger partial charge on any atom is 0.410 e. The van der Waals surface area contributed by atoms with Crippen LogP contribution >= 0.6 is 0 Å². The SMILES string of the molecule is CC(=O)N(C(C)C)[C@H]1CCC2(CCN(CCC(C)(C)C)CC2)c2ccccc21.CC(C)(C)CCN1CCC2(CCC(OC3CCN(C(=O)OCc4ccccc4)CC3)c3ccccc32)CC1.CCN(C(=O)CNC(C)=O)[C@H]1CCC2(CCN(CCC(C)(C)C)CC2)c2ccccc21.[HH]. The number of hydrogen-bond donors (Lipinski definition) is 1. The van der Waals surface area contributed by atoms with Gasteiger partial charge in [-0.25, -0.2) is 4.79 Å². The molecule has 11 rings (SSSR count). The Hall–Kier alpha value is -5.60. The normalized spacial score (nSPS) is 21.8. The molecule has 4 aromatic rings. The van der Waals surface area contributed by atoms with Gasteiger partial charge in [-0.2, -0.15) is 0 Å². The summed E-state index contributed by atoms with van der Waals surface area (Å²) < 4.78 is 12.3. The van der Waals surface area contributed by atoms with Crippen molar-refractivity contribution in [2.24, 2.45) is 16.2 Å². The Morgan fingerprint density at radius 2 is 0.928 bits per heavy atom. The first-order chi connectivity index (χ1) is 46.1. The molecule has 4 aliphatic heterocycles. The van der Waals surface area contributed by atoms with E-state index in [-0.39, 0.29) is 67.5 Å². The van der Waals surface area contributed by atoms with Crippen LogP contribution in [-0.4, -0.2) is 150 Å². The standard InChI is InChI=1S/C33H46N2O3.C26H41N3O2.C25H40N2O.H2/c1-32(2,3)17-22-34-23-18-33(19-24-34)16-13-30(28-11-7-8-12-29(28)33)38-27-14-20-35(21-15-27)31(36)37-25-26-9-5-4-6-10-26;1-6-29(24(31)19-27-20(2)30)23-11-12-26(22-10-8-7-9-21(22)23)14-17-28(18-15-26)16-13-25(3,4)5;1-19(2)27(20(3)28)23-11-12-25(22-10-8-7-9-21(22)23)14-17-26(18-15-25)16-13-24(4,5)6;/h4-12,27,30H,13-25H2,1-3H3;7-10,23H,6,11-19H2,1-5H3,(H,27,30);7-10,19,23H,11-18H2,1-6H3;1H/t;2*23-;/m.00./s1.